The number of carbonyl (C=O) groups is 2. The zero-order valence-corrected chi connectivity index (χ0v) is 26.0. The first kappa shape index (κ1) is 32.0. The summed E-state index contributed by atoms with van der Waals surface area (Å²) in [4.78, 5) is 28.1. The van der Waals surface area contributed by atoms with Crippen molar-refractivity contribution in [1.82, 2.24) is 10.2 Å². The van der Waals surface area contributed by atoms with Crippen LogP contribution in [0.4, 0.5) is 5.69 Å². The fourth-order valence-electron chi connectivity index (χ4n) is 3.86. The number of hydrogen-bond donors (Lipinski definition) is 1. The highest BCUT2D eigenvalue weighted by Gasteiger charge is 2.33. The number of anilines is 1. The summed E-state index contributed by atoms with van der Waals surface area (Å²) in [5, 5.41) is 3.80. The van der Waals surface area contributed by atoms with Crippen LogP contribution in [0.2, 0.25) is 20.1 Å². The summed E-state index contributed by atoms with van der Waals surface area (Å²) >= 11 is 24.7. The van der Waals surface area contributed by atoms with Gasteiger partial charge in [0.15, 0.2) is 0 Å². The van der Waals surface area contributed by atoms with E-state index in [0.717, 1.165) is 9.87 Å². The third kappa shape index (κ3) is 8.04. The Morgan fingerprint density at radius 2 is 1.52 bits per heavy atom. The van der Waals surface area contributed by atoms with Crippen LogP contribution in [-0.4, -0.2) is 44.3 Å². The van der Waals surface area contributed by atoms with Crippen LogP contribution in [0.1, 0.15) is 31.4 Å². The molecule has 1 N–H and O–H groups in total. The first-order valence-corrected chi connectivity index (χ1v) is 15.3. The van der Waals surface area contributed by atoms with Gasteiger partial charge in [0.1, 0.15) is 12.6 Å². The third-order valence-corrected chi connectivity index (χ3v) is 9.04. The van der Waals surface area contributed by atoms with Gasteiger partial charge in [-0.3, -0.25) is 13.9 Å². The second-order valence-electron chi connectivity index (χ2n) is 9.19. The monoisotopic (exact) mass is 643 g/mol. The van der Waals surface area contributed by atoms with Crippen molar-refractivity contribution in [2.75, 3.05) is 17.4 Å². The minimum atomic E-state index is -4.25. The maximum atomic E-state index is 13.9. The SMILES string of the molecule is CCCNC(=O)C(C)N(Cc1ccc(Cl)c(Cl)c1)C(=O)CN(c1cc(Cl)cc(Cl)c1)S(=O)(=O)c1ccc(C)cc1. The molecule has 0 fully saturated rings. The van der Waals surface area contributed by atoms with Gasteiger partial charge in [-0.1, -0.05) is 77.1 Å². The second-order valence-corrected chi connectivity index (χ2v) is 12.7. The van der Waals surface area contributed by atoms with Gasteiger partial charge in [0.05, 0.1) is 20.6 Å². The standard InChI is InChI=1S/C28H29Cl4N3O4S/c1-4-11-33-28(37)19(3)34(16-20-7-10-25(31)26(32)12-20)27(36)17-35(23-14-21(29)13-22(30)15-23)40(38,39)24-8-5-18(2)6-9-24/h5-10,12-15,19H,4,11,16-17H2,1-3H3,(H,33,37). The molecule has 40 heavy (non-hydrogen) atoms. The van der Waals surface area contributed by atoms with Crippen LogP contribution < -0.4 is 9.62 Å². The zero-order chi connectivity index (χ0) is 29.6. The number of nitrogens with one attached hydrogen (secondary N) is 1. The minimum absolute atomic E-state index is 0.0215. The fraction of sp³-hybridized carbons (Fsp3) is 0.286. The number of hydrogen-bond acceptors (Lipinski definition) is 4. The molecule has 1 unspecified atom stereocenters. The molecule has 0 saturated heterocycles. The molecule has 7 nitrogen and oxygen atoms in total. The lowest BCUT2D eigenvalue weighted by molar-refractivity contribution is -0.139. The van der Waals surface area contributed by atoms with E-state index in [-0.39, 0.29) is 38.1 Å². The molecule has 0 saturated carbocycles. The van der Waals surface area contributed by atoms with Crippen molar-refractivity contribution in [2.45, 2.75) is 44.7 Å². The number of halogens is 4. The van der Waals surface area contributed by atoms with Gasteiger partial charge in [-0.05, 0) is 68.3 Å². The van der Waals surface area contributed by atoms with E-state index in [1.807, 2.05) is 13.8 Å². The maximum absolute atomic E-state index is 13.9. The Morgan fingerprint density at radius 3 is 2.10 bits per heavy atom. The van der Waals surface area contributed by atoms with Crippen molar-refractivity contribution in [3.8, 4) is 0 Å². The summed E-state index contributed by atoms with van der Waals surface area (Å²) in [6.45, 7) is 5.10. The molecule has 3 aromatic carbocycles. The highest BCUT2D eigenvalue weighted by Crippen LogP contribution is 2.30. The van der Waals surface area contributed by atoms with Crippen molar-refractivity contribution in [3.05, 3.63) is 91.9 Å². The van der Waals surface area contributed by atoms with Gasteiger partial charge in [-0.2, -0.15) is 0 Å². The summed E-state index contributed by atoms with van der Waals surface area (Å²) < 4.78 is 28.7. The van der Waals surface area contributed by atoms with E-state index in [1.165, 1.54) is 35.2 Å². The number of aryl methyl sites for hydroxylation is 1. The summed E-state index contributed by atoms with van der Waals surface area (Å²) in [5.74, 6) is -1.01. The predicted octanol–water partition coefficient (Wildman–Crippen LogP) is 6.75. The quantitative estimate of drug-likeness (QED) is 0.250. The molecule has 0 aliphatic rings. The molecule has 1 atom stereocenters. The van der Waals surface area contributed by atoms with Gasteiger partial charge in [0.25, 0.3) is 10.0 Å². The first-order valence-electron chi connectivity index (χ1n) is 12.4. The van der Waals surface area contributed by atoms with Crippen molar-refractivity contribution in [1.29, 1.82) is 0 Å². The van der Waals surface area contributed by atoms with Crippen molar-refractivity contribution in [2.24, 2.45) is 0 Å². The Bertz CT molecular complexity index is 1460. The van der Waals surface area contributed by atoms with E-state index < -0.39 is 28.5 Å². The molecule has 0 aliphatic carbocycles. The van der Waals surface area contributed by atoms with Gasteiger partial charge >= 0.3 is 0 Å². The molecule has 2 amide bonds. The minimum Gasteiger partial charge on any atom is -0.354 e. The Balaban J connectivity index is 2.06. The van der Waals surface area contributed by atoms with Crippen LogP contribution >= 0.6 is 46.4 Å². The summed E-state index contributed by atoms with van der Waals surface area (Å²) in [5.41, 5.74) is 1.58. The second kappa shape index (κ2) is 13.9. The Kier molecular flexibility index (Phi) is 11.1. The topological polar surface area (TPSA) is 86.8 Å². The molecule has 0 aromatic heterocycles. The molecule has 0 aliphatic heterocycles. The van der Waals surface area contributed by atoms with E-state index >= 15 is 0 Å². The summed E-state index contributed by atoms with van der Waals surface area (Å²) in [7, 11) is -4.25. The predicted molar refractivity (Wildman–Crippen MR) is 162 cm³/mol. The summed E-state index contributed by atoms with van der Waals surface area (Å²) in [6.07, 6.45) is 0.706. The molecule has 0 heterocycles. The van der Waals surface area contributed by atoms with Gasteiger partial charge in [0.2, 0.25) is 11.8 Å². The van der Waals surface area contributed by atoms with Gasteiger partial charge in [-0.25, -0.2) is 8.42 Å². The highest BCUT2D eigenvalue weighted by atomic mass is 35.5. The summed E-state index contributed by atoms with van der Waals surface area (Å²) in [6, 6.07) is 14.5. The van der Waals surface area contributed by atoms with E-state index in [9.17, 15) is 18.0 Å². The van der Waals surface area contributed by atoms with Crippen molar-refractivity contribution in [3.63, 3.8) is 0 Å². The van der Waals surface area contributed by atoms with Crippen LogP contribution in [0.15, 0.2) is 65.6 Å². The molecule has 0 spiro atoms. The molecule has 12 heteroatoms. The van der Waals surface area contributed by atoms with E-state index in [4.69, 9.17) is 46.4 Å². The number of nitrogens with zero attached hydrogens (tertiary/aromatic N) is 2. The fourth-order valence-corrected chi connectivity index (χ4v) is 6.10. The number of rotatable bonds is 11. The average molecular weight is 645 g/mol. The van der Waals surface area contributed by atoms with Crippen LogP contribution in [-0.2, 0) is 26.2 Å². The lowest BCUT2D eigenvalue weighted by Crippen LogP contribution is -2.51. The van der Waals surface area contributed by atoms with E-state index in [1.54, 1.807) is 37.3 Å². The lowest BCUT2D eigenvalue weighted by Gasteiger charge is -2.32. The van der Waals surface area contributed by atoms with Crippen LogP contribution in [0.3, 0.4) is 0 Å². The molecule has 3 rings (SSSR count). The van der Waals surface area contributed by atoms with Crippen molar-refractivity contribution < 1.29 is 18.0 Å². The molecule has 0 bridgehead atoms. The van der Waals surface area contributed by atoms with Crippen LogP contribution in [0, 0.1) is 6.92 Å². The zero-order valence-electron chi connectivity index (χ0n) is 22.1. The Hall–Kier alpha value is -2.49. The third-order valence-electron chi connectivity index (χ3n) is 6.08. The number of sulfonamides is 1. The Morgan fingerprint density at radius 1 is 0.900 bits per heavy atom. The normalized spacial score (nSPS) is 12.1. The number of carbonyl (C=O) groups excluding carboxylic acids is 2. The van der Waals surface area contributed by atoms with E-state index in [2.05, 4.69) is 5.32 Å². The van der Waals surface area contributed by atoms with E-state index in [0.29, 0.717) is 23.6 Å². The van der Waals surface area contributed by atoms with Crippen molar-refractivity contribution >= 4 is 73.9 Å². The van der Waals surface area contributed by atoms with Gasteiger partial charge < -0.3 is 10.2 Å². The molecule has 214 valence electrons. The molecule has 0 radical (unpaired) electrons. The Labute approximate surface area is 255 Å². The molecule has 3 aromatic rings. The molecular formula is C28H29Cl4N3O4S. The first-order chi connectivity index (χ1) is 18.8. The lowest BCUT2D eigenvalue weighted by atomic mass is 10.1. The highest BCUT2D eigenvalue weighted by molar-refractivity contribution is 7.92. The van der Waals surface area contributed by atoms with Crippen LogP contribution in [0.5, 0.6) is 0 Å². The number of amides is 2. The van der Waals surface area contributed by atoms with Gasteiger partial charge in [0, 0.05) is 23.1 Å². The smallest absolute Gasteiger partial charge is 0.264 e. The van der Waals surface area contributed by atoms with Crippen LogP contribution in [0.25, 0.3) is 0 Å². The molecular weight excluding hydrogens is 616 g/mol. The largest absolute Gasteiger partial charge is 0.354 e. The average Bonchev–Trinajstić information content (AvgIpc) is 2.90. The maximum Gasteiger partial charge on any atom is 0.264 e. The number of benzene rings is 3. The van der Waals surface area contributed by atoms with Gasteiger partial charge in [-0.15, -0.1) is 0 Å².